The van der Waals surface area contributed by atoms with E-state index in [2.05, 4.69) is 31.1 Å². The second kappa shape index (κ2) is 10.4. The van der Waals surface area contributed by atoms with Crippen molar-refractivity contribution in [1.29, 1.82) is 0 Å². The average molecular weight is 459 g/mol. The van der Waals surface area contributed by atoms with Gasteiger partial charge in [-0.2, -0.15) is 0 Å². The van der Waals surface area contributed by atoms with Gasteiger partial charge in [0.25, 0.3) is 11.5 Å². The standard InChI is InChI=1S/C23H30N4O2S2/c1-5-6-7-8-11-26-22(29)18(31-23(26)30)12-17-20(24-13-15(2)3)25-19-10-9-16(4)14-27(19)21(17)28/h9-10,12,14-15,24H,5-8,11,13H2,1-4H3. The first-order valence-corrected chi connectivity index (χ1v) is 12.1. The zero-order chi connectivity index (χ0) is 22.5. The second-order valence-electron chi connectivity index (χ2n) is 8.28. The van der Waals surface area contributed by atoms with Crippen molar-refractivity contribution in [3.05, 3.63) is 44.7 Å². The number of thiocarbonyl (C=S) groups is 1. The number of anilines is 1. The average Bonchev–Trinajstić information content (AvgIpc) is 2.99. The number of aromatic nitrogens is 2. The molecule has 0 atom stereocenters. The van der Waals surface area contributed by atoms with Crippen molar-refractivity contribution in [1.82, 2.24) is 14.3 Å². The lowest BCUT2D eigenvalue weighted by molar-refractivity contribution is -0.122. The molecule has 6 nitrogen and oxygen atoms in total. The molecular formula is C23H30N4O2S2. The Balaban J connectivity index is 1.98. The van der Waals surface area contributed by atoms with Crippen LogP contribution in [0.25, 0.3) is 11.7 Å². The van der Waals surface area contributed by atoms with Crippen molar-refractivity contribution < 1.29 is 4.79 Å². The number of thioether (sulfide) groups is 1. The van der Waals surface area contributed by atoms with E-state index in [-0.39, 0.29) is 11.5 Å². The maximum atomic E-state index is 13.3. The number of rotatable bonds is 9. The van der Waals surface area contributed by atoms with Gasteiger partial charge in [0.05, 0.1) is 10.5 Å². The van der Waals surface area contributed by atoms with Crippen LogP contribution in [0.1, 0.15) is 57.6 Å². The number of carbonyl (C=O) groups is 1. The van der Waals surface area contributed by atoms with Crippen molar-refractivity contribution in [3.8, 4) is 0 Å². The normalized spacial score (nSPS) is 15.6. The maximum Gasteiger partial charge on any atom is 0.267 e. The molecule has 166 valence electrons. The van der Waals surface area contributed by atoms with Crippen LogP contribution in [0.5, 0.6) is 0 Å². The zero-order valence-corrected chi connectivity index (χ0v) is 20.2. The molecule has 2 aromatic heterocycles. The van der Waals surface area contributed by atoms with Gasteiger partial charge in [-0.3, -0.25) is 18.9 Å². The summed E-state index contributed by atoms with van der Waals surface area (Å²) in [7, 11) is 0. The summed E-state index contributed by atoms with van der Waals surface area (Å²) in [4.78, 5) is 33.1. The Morgan fingerprint density at radius 2 is 2.00 bits per heavy atom. The van der Waals surface area contributed by atoms with E-state index in [1.54, 1.807) is 17.2 Å². The molecule has 31 heavy (non-hydrogen) atoms. The van der Waals surface area contributed by atoms with E-state index < -0.39 is 0 Å². The molecule has 0 aromatic carbocycles. The predicted octanol–water partition coefficient (Wildman–Crippen LogP) is 4.85. The highest BCUT2D eigenvalue weighted by atomic mass is 32.2. The van der Waals surface area contributed by atoms with E-state index in [0.717, 1.165) is 31.2 Å². The molecule has 1 aliphatic rings. The smallest absolute Gasteiger partial charge is 0.267 e. The van der Waals surface area contributed by atoms with Gasteiger partial charge in [-0.25, -0.2) is 4.98 Å². The summed E-state index contributed by atoms with van der Waals surface area (Å²) in [5.41, 5.74) is 1.72. The lowest BCUT2D eigenvalue weighted by atomic mass is 10.2. The molecule has 3 heterocycles. The first-order chi connectivity index (χ1) is 14.8. The first-order valence-electron chi connectivity index (χ1n) is 10.8. The van der Waals surface area contributed by atoms with Gasteiger partial charge in [0, 0.05) is 19.3 Å². The van der Waals surface area contributed by atoms with Gasteiger partial charge in [-0.1, -0.05) is 70.1 Å². The Kier molecular flexibility index (Phi) is 7.89. The molecule has 1 aliphatic heterocycles. The highest BCUT2D eigenvalue weighted by molar-refractivity contribution is 8.26. The Morgan fingerprint density at radius 1 is 1.23 bits per heavy atom. The number of hydrogen-bond acceptors (Lipinski definition) is 6. The van der Waals surface area contributed by atoms with Gasteiger partial charge in [-0.05, 0) is 37.0 Å². The van der Waals surface area contributed by atoms with E-state index in [0.29, 0.717) is 45.3 Å². The molecule has 1 N–H and O–H groups in total. The van der Waals surface area contributed by atoms with Crippen LogP contribution in [0.4, 0.5) is 5.82 Å². The summed E-state index contributed by atoms with van der Waals surface area (Å²) in [5, 5.41) is 3.28. The van der Waals surface area contributed by atoms with Crippen molar-refractivity contribution in [2.45, 2.75) is 53.4 Å². The minimum atomic E-state index is -0.201. The van der Waals surface area contributed by atoms with Crippen LogP contribution >= 0.6 is 24.0 Å². The fourth-order valence-electron chi connectivity index (χ4n) is 3.34. The molecule has 0 aliphatic carbocycles. The number of unbranched alkanes of at least 4 members (excludes halogenated alkanes) is 3. The summed E-state index contributed by atoms with van der Waals surface area (Å²) < 4.78 is 2.09. The van der Waals surface area contributed by atoms with Crippen LogP contribution in [-0.4, -0.2) is 37.6 Å². The van der Waals surface area contributed by atoms with Crippen LogP contribution in [0.3, 0.4) is 0 Å². The van der Waals surface area contributed by atoms with Crippen LogP contribution in [0.2, 0.25) is 0 Å². The van der Waals surface area contributed by atoms with Gasteiger partial charge in [0.2, 0.25) is 0 Å². The van der Waals surface area contributed by atoms with E-state index in [1.807, 2.05) is 19.1 Å². The van der Waals surface area contributed by atoms with E-state index in [1.165, 1.54) is 16.2 Å². The van der Waals surface area contributed by atoms with E-state index in [4.69, 9.17) is 12.2 Å². The molecule has 0 radical (unpaired) electrons. The molecule has 0 spiro atoms. The number of nitrogens with one attached hydrogen (secondary N) is 1. The quantitative estimate of drug-likeness (QED) is 0.329. The largest absolute Gasteiger partial charge is 0.369 e. The number of amides is 1. The minimum Gasteiger partial charge on any atom is -0.369 e. The Bertz CT molecular complexity index is 1080. The fraction of sp³-hybridized carbons (Fsp3) is 0.478. The third kappa shape index (κ3) is 5.54. The van der Waals surface area contributed by atoms with E-state index >= 15 is 0 Å². The minimum absolute atomic E-state index is 0.130. The summed E-state index contributed by atoms with van der Waals surface area (Å²) in [6.45, 7) is 9.56. The molecule has 0 bridgehead atoms. The van der Waals surface area contributed by atoms with Gasteiger partial charge in [-0.15, -0.1) is 0 Å². The van der Waals surface area contributed by atoms with Crippen LogP contribution in [0.15, 0.2) is 28.0 Å². The van der Waals surface area contributed by atoms with Gasteiger partial charge in [0.1, 0.15) is 15.8 Å². The van der Waals surface area contributed by atoms with Crippen molar-refractivity contribution in [2.24, 2.45) is 5.92 Å². The van der Waals surface area contributed by atoms with Crippen LogP contribution in [-0.2, 0) is 4.79 Å². The molecule has 1 saturated heterocycles. The van der Waals surface area contributed by atoms with Crippen molar-refractivity contribution in [3.63, 3.8) is 0 Å². The molecule has 2 aromatic rings. The molecule has 1 amide bonds. The SMILES string of the molecule is CCCCCCN1C(=O)C(=Cc2c(NCC(C)C)nc3ccc(C)cn3c2=O)SC1=S. The molecule has 8 heteroatoms. The van der Waals surface area contributed by atoms with E-state index in [9.17, 15) is 9.59 Å². The molecular weight excluding hydrogens is 428 g/mol. The van der Waals surface area contributed by atoms with Gasteiger partial charge >= 0.3 is 0 Å². The van der Waals surface area contributed by atoms with Gasteiger partial charge in [0.15, 0.2) is 0 Å². The number of pyridine rings is 1. The molecule has 3 rings (SSSR count). The Labute approximate surface area is 193 Å². The number of hydrogen-bond donors (Lipinski definition) is 1. The lowest BCUT2D eigenvalue weighted by Crippen LogP contribution is -2.29. The number of fused-ring (bicyclic) bond motifs is 1. The molecule has 0 unspecified atom stereocenters. The van der Waals surface area contributed by atoms with Crippen LogP contribution in [0, 0.1) is 12.8 Å². The number of aryl methyl sites for hydroxylation is 1. The second-order valence-corrected chi connectivity index (χ2v) is 9.96. The fourth-order valence-corrected chi connectivity index (χ4v) is 4.64. The highest BCUT2D eigenvalue weighted by Gasteiger charge is 2.32. The Morgan fingerprint density at radius 3 is 2.71 bits per heavy atom. The summed E-state index contributed by atoms with van der Waals surface area (Å²) in [5.74, 6) is 0.748. The predicted molar refractivity (Wildman–Crippen MR) is 134 cm³/mol. The first kappa shape index (κ1) is 23.5. The highest BCUT2D eigenvalue weighted by Crippen LogP contribution is 2.33. The third-order valence-corrected chi connectivity index (χ3v) is 6.45. The van der Waals surface area contributed by atoms with Crippen molar-refractivity contribution in [2.75, 3.05) is 18.4 Å². The van der Waals surface area contributed by atoms with Crippen molar-refractivity contribution >= 4 is 51.7 Å². The third-order valence-electron chi connectivity index (χ3n) is 5.07. The molecule has 1 fully saturated rings. The molecule has 0 saturated carbocycles. The summed E-state index contributed by atoms with van der Waals surface area (Å²) >= 11 is 6.70. The summed E-state index contributed by atoms with van der Waals surface area (Å²) in [6, 6.07) is 3.76. The van der Waals surface area contributed by atoms with Gasteiger partial charge < -0.3 is 5.32 Å². The number of carbonyl (C=O) groups excluding carboxylic acids is 1. The number of nitrogens with zero attached hydrogens (tertiary/aromatic N) is 3. The zero-order valence-electron chi connectivity index (χ0n) is 18.6. The maximum absolute atomic E-state index is 13.3. The van der Waals surface area contributed by atoms with Crippen LogP contribution < -0.4 is 10.9 Å². The lowest BCUT2D eigenvalue weighted by Gasteiger charge is -2.14. The Hall–Kier alpha value is -2.19. The topological polar surface area (TPSA) is 66.7 Å². The monoisotopic (exact) mass is 458 g/mol. The summed E-state index contributed by atoms with van der Waals surface area (Å²) in [6.07, 6.45) is 7.71.